The predicted octanol–water partition coefficient (Wildman–Crippen LogP) is 2.26. The quantitative estimate of drug-likeness (QED) is 0.782. The average molecular weight is 272 g/mol. The molecule has 1 aliphatic rings. The summed E-state index contributed by atoms with van der Waals surface area (Å²) >= 11 is 3.43. The van der Waals surface area contributed by atoms with Crippen molar-refractivity contribution >= 4 is 21.6 Å². The standard InChI is InChI=1S/C11H14BrNO2/c12-10-1-3-11(4-2-10)13-5-7-14-9-15-8-6-13/h1-4H,5-9H2. The van der Waals surface area contributed by atoms with Gasteiger partial charge in [0, 0.05) is 23.2 Å². The minimum atomic E-state index is 0.425. The van der Waals surface area contributed by atoms with E-state index >= 15 is 0 Å². The Labute approximate surface area is 98.1 Å². The normalized spacial score (nSPS) is 18.3. The van der Waals surface area contributed by atoms with Gasteiger partial charge in [-0.05, 0) is 24.3 Å². The molecule has 0 atom stereocenters. The SMILES string of the molecule is Brc1ccc(N2CCOCOCC2)cc1. The first-order chi connectivity index (χ1) is 7.36. The third kappa shape index (κ3) is 3.19. The van der Waals surface area contributed by atoms with Gasteiger partial charge in [0.2, 0.25) is 0 Å². The number of nitrogens with zero attached hydrogens (tertiary/aromatic N) is 1. The lowest BCUT2D eigenvalue weighted by Gasteiger charge is -2.26. The topological polar surface area (TPSA) is 21.7 Å². The molecule has 3 nitrogen and oxygen atoms in total. The van der Waals surface area contributed by atoms with Gasteiger partial charge in [0.15, 0.2) is 0 Å². The van der Waals surface area contributed by atoms with Crippen molar-refractivity contribution in [2.75, 3.05) is 38.0 Å². The fraction of sp³-hybridized carbons (Fsp3) is 0.455. The van der Waals surface area contributed by atoms with E-state index in [0.29, 0.717) is 6.79 Å². The first-order valence-corrected chi connectivity index (χ1v) is 5.81. The number of anilines is 1. The Kier molecular flexibility index (Phi) is 4.00. The van der Waals surface area contributed by atoms with Crippen LogP contribution in [-0.2, 0) is 9.47 Å². The van der Waals surface area contributed by atoms with Crippen LogP contribution in [0.3, 0.4) is 0 Å². The number of hydrogen-bond donors (Lipinski definition) is 0. The summed E-state index contributed by atoms with van der Waals surface area (Å²) in [5.41, 5.74) is 1.22. The van der Waals surface area contributed by atoms with Crippen molar-refractivity contribution in [2.24, 2.45) is 0 Å². The number of hydrogen-bond acceptors (Lipinski definition) is 3. The Morgan fingerprint density at radius 3 is 2.20 bits per heavy atom. The summed E-state index contributed by atoms with van der Waals surface area (Å²) in [6.45, 7) is 3.70. The van der Waals surface area contributed by atoms with Crippen molar-refractivity contribution in [3.63, 3.8) is 0 Å². The molecule has 0 bridgehead atoms. The molecule has 0 amide bonds. The van der Waals surface area contributed by atoms with Crippen LogP contribution in [0.1, 0.15) is 0 Å². The number of rotatable bonds is 1. The molecule has 0 spiro atoms. The van der Waals surface area contributed by atoms with E-state index in [9.17, 15) is 0 Å². The first kappa shape index (κ1) is 10.9. The lowest BCUT2D eigenvalue weighted by atomic mass is 10.3. The van der Waals surface area contributed by atoms with Crippen molar-refractivity contribution < 1.29 is 9.47 Å². The minimum Gasteiger partial charge on any atom is -0.367 e. The van der Waals surface area contributed by atoms with Gasteiger partial charge < -0.3 is 14.4 Å². The van der Waals surface area contributed by atoms with Gasteiger partial charge in [-0.15, -0.1) is 0 Å². The average Bonchev–Trinajstić information content (AvgIpc) is 2.19. The van der Waals surface area contributed by atoms with Crippen LogP contribution in [0.2, 0.25) is 0 Å². The van der Waals surface area contributed by atoms with E-state index in [1.54, 1.807) is 0 Å². The highest BCUT2D eigenvalue weighted by molar-refractivity contribution is 9.10. The zero-order valence-corrected chi connectivity index (χ0v) is 10.1. The highest BCUT2D eigenvalue weighted by Gasteiger charge is 2.08. The summed E-state index contributed by atoms with van der Waals surface area (Å²) in [7, 11) is 0. The van der Waals surface area contributed by atoms with Gasteiger partial charge in [0.05, 0.1) is 13.2 Å². The highest BCUT2D eigenvalue weighted by atomic mass is 79.9. The van der Waals surface area contributed by atoms with Gasteiger partial charge >= 0.3 is 0 Å². The summed E-state index contributed by atoms with van der Waals surface area (Å²) in [4.78, 5) is 2.27. The lowest BCUT2D eigenvalue weighted by Crippen LogP contribution is -2.33. The van der Waals surface area contributed by atoms with Crippen LogP contribution in [0.4, 0.5) is 5.69 Å². The lowest BCUT2D eigenvalue weighted by molar-refractivity contribution is -0.0566. The van der Waals surface area contributed by atoms with E-state index in [-0.39, 0.29) is 0 Å². The number of benzene rings is 1. The second-order valence-electron chi connectivity index (χ2n) is 3.40. The fourth-order valence-electron chi connectivity index (χ4n) is 1.55. The Balaban J connectivity index is 2.03. The van der Waals surface area contributed by atoms with Crippen molar-refractivity contribution in [1.29, 1.82) is 0 Å². The Bertz CT molecular complexity index is 294. The smallest absolute Gasteiger partial charge is 0.146 e. The minimum absolute atomic E-state index is 0.425. The zero-order chi connectivity index (χ0) is 10.5. The van der Waals surface area contributed by atoms with E-state index in [1.165, 1.54) is 5.69 Å². The summed E-state index contributed by atoms with van der Waals surface area (Å²) in [6.07, 6.45) is 0. The van der Waals surface area contributed by atoms with Crippen LogP contribution in [0.5, 0.6) is 0 Å². The van der Waals surface area contributed by atoms with E-state index in [0.717, 1.165) is 30.8 Å². The van der Waals surface area contributed by atoms with Crippen LogP contribution in [0.15, 0.2) is 28.7 Å². The third-order valence-corrected chi connectivity index (χ3v) is 2.90. The maximum absolute atomic E-state index is 5.28. The molecule has 0 N–H and O–H groups in total. The van der Waals surface area contributed by atoms with Gasteiger partial charge in [-0.3, -0.25) is 0 Å². The van der Waals surface area contributed by atoms with E-state index in [2.05, 4.69) is 45.1 Å². The molecule has 0 unspecified atom stereocenters. The molecule has 82 valence electrons. The van der Waals surface area contributed by atoms with Crippen LogP contribution in [-0.4, -0.2) is 33.1 Å². The molecule has 1 aromatic rings. The summed E-state index contributed by atoms with van der Waals surface area (Å²) in [5, 5.41) is 0. The van der Waals surface area contributed by atoms with E-state index in [4.69, 9.17) is 9.47 Å². The van der Waals surface area contributed by atoms with Crippen molar-refractivity contribution in [3.05, 3.63) is 28.7 Å². The Morgan fingerprint density at radius 2 is 1.60 bits per heavy atom. The molecule has 0 aliphatic carbocycles. The molecule has 1 aliphatic heterocycles. The summed E-state index contributed by atoms with van der Waals surface area (Å²) < 4.78 is 11.7. The van der Waals surface area contributed by atoms with Gasteiger partial charge in [-0.2, -0.15) is 0 Å². The fourth-order valence-corrected chi connectivity index (χ4v) is 1.81. The van der Waals surface area contributed by atoms with Gasteiger partial charge in [0.25, 0.3) is 0 Å². The van der Waals surface area contributed by atoms with Crippen LogP contribution >= 0.6 is 15.9 Å². The Morgan fingerprint density at radius 1 is 1.00 bits per heavy atom. The van der Waals surface area contributed by atoms with Crippen LogP contribution in [0.25, 0.3) is 0 Å². The maximum Gasteiger partial charge on any atom is 0.146 e. The summed E-state index contributed by atoms with van der Waals surface area (Å²) in [6, 6.07) is 8.31. The highest BCUT2D eigenvalue weighted by Crippen LogP contribution is 2.18. The molecule has 0 radical (unpaired) electrons. The molecular weight excluding hydrogens is 258 g/mol. The van der Waals surface area contributed by atoms with Crippen molar-refractivity contribution in [1.82, 2.24) is 0 Å². The molecule has 0 aromatic heterocycles. The molecule has 15 heavy (non-hydrogen) atoms. The molecule has 1 heterocycles. The Hall–Kier alpha value is -0.580. The third-order valence-electron chi connectivity index (χ3n) is 2.37. The van der Waals surface area contributed by atoms with Crippen LogP contribution in [0, 0.1) is 0 Å². The molecule has 1 saturated heterocycles. The van der Waals surface area contributed by atoms with E-state index in [1.807, 2.05) is 0 Å². The molecule has 1 aromatic carbocycles. The monoisotopic (exact) mass is 271 g/mol. The molecule has 2 rings (SSSR count). The largest absolute Gasteiger partial charge is 0.367 e. The van der Waals surface area contributed by atoms with Gasteiger partial charge in [-0.25, -0.2) is 0 Å². The molecular formula is C11H14BrNO2. The first-order valence-electron chi connectivity index (χ1n) is 5.02. The number of halogens is 1. The van der Waals surface area contributed by atoms with Crippen molar-refractivity contribution in [3.8, 4) is 0 Å². The van der Waals surface area contributed by atoms with E-state index < -0.39 is 0 Å². The van der Waals surface area contributed by atoms with Gasteiger partial charge in [-0.1, -0.05) is 15.9 Å². The summed E-state index contributed by atoms with van der Waals surface area (Å²) in [5.74, 6) is 0. The second kappa shape index (κ2) is 5.49. The predicted molar refractivity (Wildman–Crippen MR) is 63.1 cm³/mol. The molecule has 1 fully saturated rings. The number of ether oxygens (including phenoxy) is 2. The zero-order valence-electron chi connectivity index (χ0n) is 8.49. The second-order valence-corrected chi connectivity index (χ2v) is 4.31. The van der Waals surface area contributed by atoms with Crippen LogP contribution < -0.4 is 4.90 Å². The molecule has 4 heteroatoms. The van der Waals surface area contributed by atoms with Gasteiger partial charge in [0.1, 0.15) is 6.79 Å². The molecule has 0 saturated carbocycles. The maximum atomic E-state index is 5.28. The van der Waals surface area contributed by atoms with Crippen molar-refractivity contribution in [2.45, 2.75) is 0 Å².